The van der Waals surface area contributed by atoms with Crippen LogP contribution >= 0.6 is 0 Å². The molecule has 1 atom stereocenters. The third-order valence-electron chi connectivity index (χ3n) is 3.15. The molecular formula is C13H16FNO3. The Bertz CT molecular complexity index is 473. The largest absolute Gasteiger partial charge is 0.494 e. The summed E-state index contributed by atoms with van der Waals surface area (Å²) in [6.07, 6.45) is 0.504. The van der Waals surface area contributed by atoms with E-state index >= 15 is 0 Å². The fraction of sp³-hybridized carbons (Fsp3) is 0.462. The van der Waals surface area contributed by atoms with Crippen LogP contribution in [0.2, 0.25) is 0 Å². The number of nitrogens with zero attached hydrogens (tertiary/aromatic N) is 1. The summed E-state index contributed by atoms with van der Waals surface area (Å²) in [4.78, 5) is 13.6. The van der Waals surface area contributed by atoms with Crippen molar-refractivity contribution in [2.45, 2.75) is 18.9 Å². The zero-order valence-corrected chi connectivity index (χ0v) is 10.4. The van der Waals surface area contributed by atoms with Crippen molar-refractivity contribution in [2.75, 3.05) is 20.2 Å². The molecule has 1 aromatic carbocycles. The van der Waals surface area contributed by atoms with Crippen LogP contribution in [0, 0.1) is 5.82 Å². The van der Waals surface area contributed by atoms with Crippen LogP contribution in [0.15, 0.2) is 18.2 Å². The molecular weight excluding hydrogens is 237 g/mol. The first kappa shape index (κ1) is 12.8. The quantitative estimate of drug-likeness (QED) is 0.867. The summed E-state index contributed by atoms with van der Waals surface area (Å²) in [5.41, 5.74) is -0.905. The van der Waals surface area contributed by atoms with Crippen molar-refractivity contribution in [1.29, 1.82) is 0 Å². The number of β-amino-alcohol motifs (C(OH)–C–C–N with tert-alkyl or cyclic N) is 1. The summed E-state index contributed by atoms with van der Waals surface area (Å²) in [6, 6.07) is 4.46. The Morgan fingerprint density at radius 1 is 1.56 bits per heavy atom. The van der Waals surface area contributed by atoms with Gasteiger partial charge < -0.3 is 14.7 Å². The number of ether oxygens (including phenoxy) is 1. The number of aliphatic hydroxyl groups is 1. The molecule has 0 bridgehead atoms. The van der Waals surface area contributed by atoms with Crippen LogP contribution in [0.3, 0.4) is 0 Å². The minimum Gasteiger partial charge on any atom is -0.494 e. The van der Waals surface area contributed by atoms with E-state index < -0.39 is 17.3 Å². The summed E-state index contributed by atoms with van der Waals surface area (Å²) < 4.78 is 18.8. The second-order valence-corrected chi connectivity index (χ2v) is 4.80. The smallest absolute Gasteiger partial charge is 0.257 e. The van der Waals surface area contributed by atoms with E-state index in [0.29, 0.717) is 13.0 Å². The Morgan fingerprint density at radius 3 is 2.83 bits per heavy atom. The number of rotatable bonds is 2. The van der Waals surface area contributed by atoms with Crippen molar-refractivity contribution >= 4 is 5.91 Å². The lowest BCUT2D eigenvalue weighted by Gasteiger charge is -2.19. The first-order chi connectivity index (χ1) is 8.44. The van der Waals surface area contributed by atoms with Gasteiger partial charge in [-0.3, -0.25) is 4.79 Å². The molecule has 1 aliphatic rings. The SMILES string of the molecule is COc1cccc(C(=O)N2CCC(C)(O)C2)c1F. The predicted molar refractivity (Wildman–Crippen MR) is 64.1 cm³/mol. The van der Waals surface area contributed by atoms with Crippen LogP contribution in [0.5, 0.6) is 5.75 Å². The highest BCUT2D eigenvalue weighted by atomic mass is 19.1. The second-order valence-electron chi connectivity index (χ2n) is 4.80. The average Bonchev–Trinajstić information content (AvgIpc) is 2.69. The molecule has 1 heterocycles. The fourth-order valence-electron chi connectivity index (χ4n) is 2.12. The molecule has 4 nitrogen and oxygen atoms in total. The maximum Gasteiger partial charge on any atom is 0.257 e. The summed E-state index contributed by atoms with van der Waals surface area (Å²) in [5, 5.41) is 9.82. The standard InChI is InChI=1S/C13H16FNO3/c1-13(17)6-7-15(8-13)12(16)9-4-3-5-10(18-2)11(9)14/h3-5,17H,6-8H2,1-2H3. The number of carbonyl (C=O) groups excluding carboxylic acids is 1. The Hall–Kier alpha value is -1.62. The van der Waals surface area contributed by atoms with E-state index in [2.05, 4.69) is 0 Å². The molecule has 1 fully saturated rings. The zero-order valence-electron chi connectivity index (χ0n) is 10.4. The molecule has 5 heteroatoms. The third-order valence-corrected chi connectivity index (χ3v) is 3.15. The number of methoxy groups -OCH3 is 1. The number of benzene rings is 1. The number of hydrogen-bond acceptors (Lipinski definition) is 3. The molecule has 1 aromatic rings. The summed E-state index contributed by atoms with van der Waals surface area (Å²) in [7, 11) is 1.35. The average molecular weight is 253 g/mol. The molecule has 1 N–H and O–H groups in total. The Labute approximate surface area is 105 Å². The fourth-order valence-corrected chi connectivity index (χ4v) is 2.12. The lowest BCUT2D eigenvalue weighted by molar-refractivity contribution is 0.0569. The van der Waals surface area contributed by atoms with Crippen molar-refractivity contribution < 1.29 is 19.0 Å². The lowest BCUT2D eigenvalue weighted by atomic mass is 10.1. The Morgan fingerprint density at radius 2 is 2.28 bits per heavy atom. The van der Waals surface area contributed by atoms with Gasteiger partial charge in [0.1, 0.15) is 0 Å². The molecule has 1 amide bonds. The van der Waals surface area contributed by atoms with E-state index in [0.717, 1.165) is 0 Å². The first-order valence-electron chi connectivity index (χ1n) is 5.79. The van der Waals surface area contributed by atoms with Gasteiger partial charge in [-0.2, -0.15) is 0 Å². The number of halogens is 1. The van der Waals surface area contributed by atoms with Gasteiger partial charge >= 0.3 is 0 Å². The summed E-state index contributed by atoms with van der Waals surface area (Å²) in [5.74, 6) is -1.02. The maximum atomic E-state index is 13.9. The van der Waals surface area contributed by atoms with Crippen molar-refractivity contribution in [3.05, 3.63) is 29.6 Å². The Balaban J connectivity index is 2.25. The molecule has 0 aliphatic carbocycles. The van der Waals surface area contributed by atoms with Gasteiger partial charge in [-0.05, 0) is 25.5 Å². The van der Waals surface area contributed by atoms with E-state index in [4.69, 9.17) is 4.74 Å². The molecule has 1 aliphatic heterocycles. The van der Waals surface area contributed by atoms with E-state index in [-0.39, 0.29) is 17.9 Å². The van der Waals surface area contributed by atoms with Crippen molar-refractivity contribution in [3.63, 3.8) is 0 Å². The number of amides is 1. The first-order valence-corrected chi connectivity index (χ1v) is 5.79. The number of carbonyl (C=O) groups is 1. The van der Waals surface area contributed by atoms with Crippen molar-refractivity contribution in [1.82, 2.24) is 4.90 Å². The van der Waals surface area contributed by atoms with Gasteiger partial charge in [0.25, 0.3) is 5.91 Å². The van der Waals surface area contributed by atoms with Crippen molar-refractivity contribution in [2.24, 2.45) is 0 Å². The monoisotopic (exact) mass is 253 g/mol. The normalized spacial score (nSPS) is 23.2. The van der Waals surface area contributed by atoms with Crippen LogP contribution in [-0.2, 0) is 0 Å². The highest BCUT2D eigenvalue weighted by Crippen LogP contribution is 2.25. The highest BCUT2D eigenvalue weighted by molar-refractivity contribution is 5.95. The Kier molecular flexibility index (Phi) is 3.26. The van der Waals surface area contributed by atoms with Crippen LogP contribution in [0.25, 0.3) is 0 Å². The minimum atomic E-state index is -0.884. The van der Waals surface area contributed by atoms with Gasteiger partial charge in [0.2, 0.25) is 0 Å². The molecule has 98 valence electrons. The van der Waals surface area contributed by atoms with Crippen molar-refractivity contribution in [3.8, 4) is 5.75 Å². The van der Waals surface area contributed by atoms with E-state index in [1.165, 1.54) is 24.1 Å². The van der Waals surface area contributed by atoms with Crippen LogP contribution in [-0.4, -0.2) is 41.7 Å². The molecule has 0 radical (unpaired) electrons. The van der Waals surface area contributed by atoms with Crippen LogP contribution in [0.4, 0.5) is 4.39 Å². The zero-order chi connectivity index (χ0) is 13.3. The topological polar surface area (TPSA) is 49.8 Å². The van der Waals surface area contributed by atoms with Gasteiger partial charge in [0.05, 0.1) is 18.3 Å². The predicted octanol–water partition coefficient (Wildman–Crippen LogP) is 1.43. The van der Waals surface area contributed by atoms with E-state index in [9.17, 15) is 14.3 Å². The number of likely N-dealkylation sites (tertiary alicyclic amines) is 1. The van der Waals surface area contributed by atoms with Crippen LogP contribution in [0.1, 0.15) is 23.7 Å². The van der Waals surface area contributed by atoms with Gasteiger partial charge in [-0.1, -0.05) is 6.07 Å². The van der Waals surface area contributed by atoms with Gasteiger partial charge in [-0.25, -0.2) is 4.39 Å². The molecule has 0 aromatic heterocycles. The van der Waals surface area contributed by atoms with E-state index in [1.807, 2.05) is 0 Å². The van der Waals surface area contributed by atoms with Gasteiger partial charge in [-0.15, -0.1) is 0 Å². The third kappa shape index (κ3) is 2.31. The number of hydrogen-bond donors (Lipinski definition) is 1. The molecule has 18 heavy (non-hydrogen) atoms. The maximum absolute atomic E-state index is 13.9. The second kappa shape index (κ2) is 4.57. The lowest BCUT2D eigenvalue weighted by Crippen LogP contribution is -2.34. The van der Waals surface area contributed by atoms with E-state index in [1.54, 1.807) is 13.0 Å². The molecule has 0 spiro atoms. The molecule has 0 saturated carbocycles. The molecule has 2 rings (SSSR count). The van der Waals surface area contributed by atoms with Crippen LogP contribution < -0.4 is 4.74 Å². The minimum absolute atomic E-state index is 0.0212. The van der Waals surface area contributed by atoms with Gasteiger partial charge in [0, 0.05) is 13.1 Å². The highest BCUT2D eigenvalue weighted by Gasteiger charge is 2.35. The summed E-state index contributed by atoms with van der Waals surface area (Å²) in [6.45, 7) is 2.33. The summed E-state index contributed by atoms with van der Waals surface area (Å²) >= 11 is 0. The molecule has 1 unspecified atom stereocenters. The van der Waals surface area contributed by atoms with Gasteiger partial charge in [0.15, 0.2) is 11.6 Å². The molecule has 1 saturated heterocycles.